The summed E-state index contributed by atoms with van der Waals surface area (Å²) in [5.41, 5.74) is 6.09. The topological polar surface area (TPSA) is 116 Å². The molecule has 0 aromatic heterocycles. The molecule has 2 rings (SSSR count). The van der Waals surface area contributed by atoms with Crippen molar-refractivity contribution >= 4 is 27.6 Å². The molecule has 0 fully saturated rings. The van der Waals surface area contributed by atoms with E-state index in [-0.39, 0.29) is 10.5 Å². The Kier molecular flexibility index (Phi) is 6.86. The molecular formula is C20H24N2O6S. The van der Waals surface area contributed by atoms with Crippen LogP contribution in [0.25, 0.3) is 0 Å². The molecule has 0 radical (unpaired) electrons. The number of nitrogens with zero attached hydrogens (tertiary/aromatic N) is 1. The van der Waals surface area contributed by atoms with Gasteiger partial charge in [-0.1, -0.05) is 6.07 Å². The number of amides is 1. The number of esters is 1. The third kappa shape index (κ3) is 5.05. The first-order valence-corrected chi connectivity index (χ1v) is 10.3. The minimum Gasteiger partial charge on any atom is -0.494 e. The van der Waals surface area contributed by atoms with Crippen molar-refractivity contribution in [1.82, 2.24) is 0 Å². The zero-order valence-electron chi connectivity index (χ0n) is 16.7. The lowest BCUT2D eigenvalue weighted by Crippen LogP contribution is -2.31. The molecule has 0 saturated heterocycles. The number of sulfonamides is 1. The van der Waals surface area contributed by atoms with Crippen LogP contribution in [0.2, 0.25) is 0 Å². The highest BCUT2D eigenvalue weighted by Crippen LogP contribution is 2.26. The Labute approximate surface area is 170 Å². The van der Waals surface area contributed by atoms with Crippen LogP contribution in [-0.4, -0.2) is 40.1 Å². The van der Waals surface area contributed by atoms with Gasteiger partial charge in [0.15, 0.2) is 6.10 Å². The van der Waals surface area contributed by atoms with E-state index < -0.39 is 28.0 Å². The fourth-order valence-corrected chi connectivity index (χ4v) is 3.70. The van der Waals surface area contributed by atoms with Gasteiger partial charge in [-0.3, -0.25) is 9.10 Å². The van der Waals surface area contributed by atoms with Crippen molar-refractivity contribution in [2.75, 3.05) is 18.0 Å². The predicted molar refractivity (Wildman–Crippen MR) is 108 cm³/mol. The van der Waals surface area contributed by atoms with Gasteiger partial charge in [0, 0.05) is 7.05 Å². The minimum absolute atomic E-state index is 0.0410. The van der Waals surface area contributed by atoms with Crippen LogP contribution in [0.15, 0.2) is 47.4 Å². The first-order valence-electron chi connectivity index (χ1n) is 8.90. The quantitative estimate of drug-likeness (QED) is 0.655. The van der Waals surface area contributed by atoms with E-state index in [1.54, 1.807) is 31.2 Å². The van der Waals surface area contributed by atoms with E-state index >= 15 is 0 Å². The van der Waals surface area contributed by atoms with Gasteiger partial charge >= 0.3 is 5.97 Å². The van der Waals surface area contributed by atoms with E-state index in [0.717, 1.165) is 4.31 Å². The zero-order chi connectivity index (χ0) is 21.8. The number of hydrogen-bond acceptors (Lipinski definition) is 6. The van der Waals surface area contributed by atoms with Gasteiger partial charge in [-0.05, 0) is 62.7 Å². The number of nitrogens with two attached hydrogens (primary N) is 1. The van der Waals surface area contributed by atoms with Gasteiger partial charge in [0.2, 0.25) is 0 Å². The van der Waals surface area contributed by atoms with Crippen LogP contribution in [0.3, 0.4) is 0 Å². The molecule has 2 aromatic carbocycles. The van der Waals surface area contributed by atoms with E-state index in [0.29, 0.717) is 23.6 Å². The summed E-state index contributed by atoms with van der Waals surface area (Å²) in [7, 11) is -2.53. The van der Waals surface area contributed by atoms with Gasteiger partial charge in [-0.2, -0.15) is 0 Å². The first kappa shape index (κ1) is 22.2. The maximum atomic E-state index is 13.0. The van der Waals surface area contributed by atoms with Crippen molar-refractivity contribution in [3.63, 3.8) is 0 Å². The Balaban J connectivity index is 2.34. The van der Waals surface area contributed by atoms with Crippen molar-refractivity contribution in [3.8, 4) is 5.75 Å². The molecule has 8 nitrogen and oxygen atoms in total. The highest BCUT2D eigenvalue weighted by Gasteiger charge is 2.25. The summed E-state index contributed by atoms with van der Waals surface area (Å²) in [6.45, 7) is 5.34. The van der Waals surface area contributed by atoms with Gasteiger partial charge in [0.1, 0.15) is 5.75 Å². The van der Waals surface area contributed by atoms with Gasteiger partial charge in [0.05, 0.1) is 22.8 Å². The molecule has 0 spiro atoms. The maximum absolute atomic E-state index is 13.0. The third-order valence-corrected chi connectivity index (χ3v) is 6.06. The Bertz CT molecular complexity index is 1000. The van der Waals surface area contributed by atoms with Crippen LogP contribution in [0.1, 0.15) is 29.8 Å². The average molecular weight is 420 g/mol. The molecule has 9 heteroatoms. The third-order valence-electron chi connectivity index (χ3n) is 4.28. The number of primary amides is 1. The van der Waals surface area contributed by atoms with Gasteiger partial charge in [-0.15, -0.1) is 0 Å². The molecule has 0 unspecified atom stereocenters. The molecule has 1 atom stereocenters. The van der Waals surface area contributed by atoms with Crippen molar-refractivity contribution in [1.29, 1.82) is 0 Å². The van der Waals surface area contributed by atoms with Crippen molar-refractivity contribution in [2.24, 2.45) is 5.73 Å². The predicted octanol–water partition coefficient (Wildman–Crippen LogP) is 2.25. The number of rotatable bonds is 8. The lowest BCUT2D eigenvalue weighted by Gasteiger charge is -2.20. The van der Waals surface area contributed by atoms with Crippen LogP contribution < -0.4 is 14.8 Å². The van der Waals surface area contributed by atoms with Crippen LogP contribution >= 0.6 is 0 Å². The molecule has 0 aliphatic heterocycles. The van der Waals surface area contributed by atoms with E-state index in [4.69, 9.17) is 15.2 Å². The highest BCUT2D eigenvalue weighted by molar-refractivity contribution is 7.92. The second kappa shape index (κ2) is 8.95. The van der Waals surface area contributed by atoms with Crippen molar-refractivity contribution in [3.05, 3.63) is 53.6 Å². The fourth-order valence-electron chi connectivity index (χ4n) is 2.48. The largest absolute Gasteiger partial charge is 0.494 e. The summed E-state index contributed by atoms with van der Waals surface area (Å²) >= 11 is 0. The number of aryl methyl sites for hydroxylation is 1. The summed E-state index contributed by atoms with van der Waals surface area (Å²) in [6, 6.07) is 10.7. The summed E-state index contributed by atoms with van der Waals surface area (Å²) < 4.78 is 37.5. The van der Waals surface area contributed by atoms with Gasteiger partial charge in [0.25, 0.3) is 15.9 Å². The van der Waals surface area contributed by atoms with Gasteiger partial charge < -0.3 is 15.2 Å². The summed E-state index contributed by atoms with van der Waals surface area (Å²) in [5, 5.41) is 0. The maximum Gasteiger partial charge on any atom is 0.339 e. The smallest absolute Gasteiger partial charge is 0.339 e. The lowest BCUT2D eigenvalue weighted by atomic mass is 10.1. The number of benzene rings is 2. The fraction of sp³-hybridized carbons (Fsp3) is 0.300. The Morgan fingerprint density at radius 1 is 1.14 bits per heavy atom. The number of carbonyl (C=O) groups is 2. The number of hydrogen-bond donors (Lipinski definition) is 1. The molecule has 2 aromatic rings. The Morgan fingerprint density at radius 3 is 2.31 bits per heavy atom. The van der Waals surface area contributed by atoms with E-state index in [1.165, 1.54) is 32.2 Å². The molecule has 0 saturated carbocycles. The average Bonchev–Trinajstić information content (AvgIpc) is 2.68. The van der Waals surface area contributed by atoms with Crippen molar-refractivity contribution in [2.45, 2.75) is 31.8 Å². The zero-order valence-corrected chi connectivity index (χ0v) is 17.5. The second-order valence-electron chi connectivity index (χ2n) is 6.33. The molecule has 0 aliphatic carbocycles. The number of carbonyl (C=O) groups excluding carboxylic acids is 2. The second-order valence-corrected chi connectivity index (χ2v) is 8.30. The minimum atomic E-state index is -3.94. The summed E-state index contributed by atoms with van der Waals surface area (Å²) in [5.74, 6) is -0.990. The normalized spacial score (nSPS) is 12.1. The van der Waals surface area contributed by atoms with E-state index in [9.17, 15) is 18.0 Å². The molecule has 0 heterocycles. The number of ether oxygens (including phenoxy) is 2. The van der Waals surface area contributed by atoms with Crippen LogP contribution in [0.4, 0.5) is 5.69 Å². The monoisotopic (exact) mass is 420 g/mol. The molecule has 2 N–H and O–H groups in total. The SMILES string of the molecule is CCOc1ccc(N(C)S(=O)(=O)c2ccc(C)c(C(=O)O[C@@H](C)C(N)=O)c2)cc1. The first-order chi connectivity index (χ1) is 13.6. The molecule has 29 heavy (non-hydrogen) atoms. The Morgan fingerprint density at radius 2 is 1.76 bits per heavy atom. The summed E-state index contributed by atoms with van der Waals surface area (Å²) in [4.78, 5) is 23.4. The molecule has 1 amide bonds. The van der Waals surface area contributed by atoms with Gasteiger partial charge in [-0.25, -0.2) is 13.2 Å². The highest BCUT2D eigenvalue weighted by atomic mass is 32.2. The molecule has 0 aliphatic rings. The van der Waals surface area contributed by atoms with E-state index in [1.807, 2.05) is 6.92 Å². The molecule has 156 valence electrons. The van der Waals surface area contributed by atoms with E-state index in [2.05, 4.69) is 0 Å². The van der Waals surface area contributed by atoms with Crippen molar-refractivity contribution < 1.29 is 27.5 Å². The Hall–Kier alpha value is -3.07. The molecule has 0 bridgehead atoms. The van der Waals surface area contributed by atoms with Crippen LogP contribution in [-0.2, 0) is 19.6 Å². The standard InChI is InChI=1S/C20H24N2O6S/c1-5-27-16-9-7-15(8-10-16)22(4)29(25,26)17-11-6-13(2)18(12-17)20(24)28-14(3)19(21)23/h6-12,14H,5H2,1-4H3,(H2,21,23)/t14-/m0/s1. The summed E-state index contributed by atoms with van der Waals surface area (Å²) in [6.07, 6.45) is -1.13. The van der Waals surface area contributed by atoms with Crippen LogP contribution in [0.5, 0.6) is 5.75 Å². The number of anilines is 1. The van der Waals surface area contributed by atoms with Crippen LogP contribution in [0, 0.1) is 6.92 Å². The lowest BCUT2D eigenvalue weighted by molar-refractivity contribution is -0.125. The molecular weight excluding hydrogens is 396 g/mol.